The number of nitrogens with one attached hydrogen (secondary N) is 1. The number of aromatic nitrogens is 1. The lowest BCUT2D eigenvalue weighted by molar-refractivity contribution is -0.123. The Morgan fingerprint density at radius 1 is 1.21 bits per heavy atom. The second-order valence-electron chi connectivity index (χ2n) is 5.66. The summed E-state index contributed by atoms with van der Waals surface area (Å²) in [5, 5.41) is 3.61. The van der Waals surface area contributed by atoms with E-state index in [1.807, 2.05) is 12.1 Å². The lowest BCUT2D eigenvalue weighted by atomic mass is 10.2. The molecule has 28 heavy (non-hydrogen) atoms. The number of amides is 3. The van der Waals surface area contributed by atoms with Gasteiger partial charge in [0.15, 0.2) is 0 Å². The van der Waals surface area contributed by atoms with Crippen molar-refractivity contribution in [3.05, 3.63) is 64.2 Å². The minimum Gasteiger partial charge on any atom is -0.354 e. The molecule has 1 aromatic carbocycles. The van der Waals surface area contributed by atoms with Crippen molar-refractivity contribution in [1.82, 2.24) is 15.2 Å². The molecule has 1 fully saturated rings. The topological polar surface area (TPSA) is 79.4 Å². The number of benzene rings is 1. The maximum atomic E-state index is 12.5. The lowest BCUT2D eigenvalue weighted by Crippen LogP contribution is -2.37. The van der Waals surface area contributed by atoms with Gasteiger partial charge in [0.05, 0.1) is 15.7 Å². The summed E-state index contributed by atoms with van der Waals surface area (Å²) in [6.45, 7) is 0.309. The molecule has 0 bridgehead atoms. The van der Waals surface area contributed by atoms with Crippen LogP contribution >= 0.6 is 35.1 Å². The maximum absolute atomic E-state index is 12.5. The van der Waals surface area contributed by atoms with Gasteiger partial charge in [0.25, 0.3) is 11.1 Å². The van der Waals surface area contributed by atoms with E-state index < -0.39 is 0 Å². The van der Waals surface area contributed by atoms with Gasteiger partial charge in [0.1, 0.15) is 0 Å². The molecule has 1 aliphatic rings. The average molecular weight is 434 g/mol. The van der Waals surface area contributed by atoms with E-state index in [0.717, 1.165) is 21.7 Å². The van der Waals surface area contributed by atoms with Crippen LogP contribution in [0.1, 0.15) is 5.56 Å². The van der Waals surface area contributed by atoms with E-state index in [9.17, 15) is 14.4 Å². The van der Waals surface area contributed by atoms with Crippen LogP contribution in [-0.2, 0) is 9.59 Å². The molecule has 6 nitrogen and oxygen atoms in total. The van der Waals surface area contributed by atoms with Crippen LogP contribution in [0, 0.1) is 0 Å². The highest BCUT2D eigenvalue weighted by molar-refractivity contribution is 8.18. The third kappa shape index (κ3) is 5.37. The lowest BCUT2D eigenvalue weighted by Gasteiger charge is -2.12. The molecule has 0 spiro atoms. The van der Waals surface area contributed by atoms with Crippen molar-refractivity contribution in [3.8, 4) is 0 Å². The van der Waals surface area contributed by atoms with Crippen LogP contribution in [0.15, 0.2) is 58.6 Å². The molecule has 144 valence electrons. The summed E-state index contributed by atoms with van der Waals surface area (Å²) < 4.78 is 0. The summed E-state index contributed by atoms with van der Waals surface area (Å²) in [6, 6.07) is 12.6. The highest BCUT2D eigenvalue weighted by atomic mass is 35.5. The second-order valence-corrected chi connectivity index (χ2v) is 8.06. The summed E-state index contributed by atoms with van der Waals surface area (Å²) in [5.41, 5.74) is 0.675. The zero-order valence-corrected chi connectivity index (χ0v) is 17.0. The van der Waals surface area contributed by atoms with E-state index in [1.54, 1.807) is 42.6 Å². The van der Waals surface area contributed by atoms with Gasteiger partial charge in [-0.05, 0) is 41.6 Å². The van der Waals surface area contributed by atoms with Crippen LogP contribution < -0.4 is 5.32 Å². The summed E-state index contributed by atoms with van der Waals surface area (Å²) >= 11 is 8.28. The molecule has 0 atom stereocenters. The minimum atomic E-state index is -0.382. The molecule has 3 amide bonds. The van der Waals surface area contributed by atoms with Crippen molar-refractivity contribution in [3.63, 3.8) is 0 Å². The third-order valence-corrected chi connectivity index (χ3v) is 5.91. The molecular formula is C19H16ClN3O3S2. The smallest absolute Gasteiger partial charge is 0.293 e. The van der Waals surface area contributed by atoms with Crippen LogP contribution in [0.3, 0.4) is 0 Å². The van der Waals surface area contributed by atoms with Crippen molar-refractivity contribution in [2.45, 2.75) is 5.03 Å². The monoisotopic (exact) mass is 433 g/mol. The predicted octanol–water partition coefficient (Wildman–Crippen LogP) is 3.68. The highest BCUT2D eigenvalue weighted by Crippen LogP contribution is 2.33. The van der Waals surface area contributed by atoms with Crippen molar-refractivity contribution >= 4 is 58.3 Å². The number of rotatable bonds is 7. The molecule has 1 saturated heterocycles. The molecule has 1 N–H and O–H groups in total. The fourth-order valence-electron chi connectivity index (χ4n) is 2.36. The van der Waals surface area contributed by atoms with Gasteiger partial charge in [0.2, 0.25) is 5.91 Å². The number of carbonyl (C=O) groups is 3. The van der Waals surface area contributed by atoms with Gasteiger partial charge in [-0.3, -0.25) is 19.3 Å². The van der Waals surface area contributed by atoms with Crippen molar-refractivity contribution in [1.29, 1.82) is 0 Å². The van der Waals surface area contributed by atoms with E-state index in [0.29, 0.717) is 15.5 Å². The first-order valence-electron chi connectivity index (χ1n) is 8.35. The number of halogens is 1. The van der Waals surface area contributed by atoms with Gasteiger partial charge in [-0.1, -0.05) is 47.6 Å². The van der Waals surface area contributed by atoms with Gasteiger partial charge in [-0.15, -0.1) is 0 Å². The average Bonchev–Trinajstić information content (AvgIpc) is 2.96. The zero-order valence-electron chi connectivity index (χ0n) is 14.6. The summed E-state index contributed by atoms with van der Waals surface area (Å²) in [7, 11) is 0. The van der Waals surface area contributed by atoms with Crippen LogP contribution in [0.25, 0.3) is 6.08 Å². The van der Waals surface area contributed by atoms with Gasteiger partial charge >= 0.3 is 0 Å². The largest absolute Gasteiger partial charge is 0.354 e. The first-order valence-corrected chi connectivity index (χ1v) is 10.5. The Morgan fingerprint density at radius 2 is 2.00 bits per heavy atom. The Hall–Kier alpha value is -2.29. The third-order valence-electron chi connectivity index (χ3n) is 3.71. The predicted molar refractivity (Wildman–Crippen MR) is 112 cm³/mol. The Balaban J connectivity index is 1.49. The number of nitrogens with zero attached hydrogens (tertiary/aromatic N) is 2. The Kier molecular flexibility index (Phi) is 7.13. The van der Waals surface area contributed by atoms with Gasteiger partial charge in [-0.2, -0.15) is 0 Å². The fourth-order valence-corrected chi connectivity index (χ4v) is 4.09. The van der Waals surface area contributed by atoms with Crippen molar-refractivity contribution in [2.24, 2.45) is 0 Å². The molecular weight excluding hydrogens is 418 g/mol. The molecule has 3 rings (SSSR count). The number of carbonyl (C=O) groups excluding carboxylic acids is 3. The second kappa shape index (κ2) is 9.77. The van der Waals surface area contributed by atoms with Crippen LogP contribution in [0.5, 0.6) is 0 Å². The van der Waals surface area contributed by atoms with Crippen LogP contribution in [-0.4, -0.2) is 45.8 Å². The fraction of sp³-hybridized carbons (Fsp3) is 0.158. The van der Waals surface area contributed by atoms with Crippen molar-refractivity contribution in [2.75, 3.05) is 18.8 Å². The normalized spacial score (nSPS) is 15.3. The van der Waals surface area contributed by atoms with Gasteiger partial charge < -0.3 is 5.32 Å². The number of pyridine rings is 1. The molecule has 1 aliphatic heterocycles. The standard InChI is InChI=1S/C19H16ClN3O3S2/c20-14-6-2-1-5-13(14)11-15-18(25)23(19(26)28-15)10-9-21-16(24)12-27-17-7-3-4-8-22-17/h1-8,11H,9-10,12H2,(H,21,24)/b15-11-. The van der Waals surface area contributed by atoms with Crippen molar-refractivity contribution < 1.29 is 14.4 Å². The van der Waals surface area contributed by atoms with E-state index in [-0.39, 0.29) is 35.9 Å². The first-order chi connectivity index (χ1) is 13.5. The zero-order chi connectivity index (χ0) is 19.9. The van der Waals surface area contributed by atoms with Crippen LogP contribution in [0.4, 0.5) is 4.79 Å². The summed E-state index contributed by atoms with van der Waals surface area (Å²) in [5.74, 6) is -0.355. The number of hydrogen-bond donors (Lipinski definition) is 1. The van der Waals surface area contributed by atoms with E-state index >= 15 is 0 Å². The van der Waals surface area contributed by atoms with Gasteiger partial charge in [0, 0.05) is 24.3 Å². The van der Waals surface area contributed by atoms with Gasteiger partial charge in [-0.25, -0.2) is 4.98 Å². The molecule has 2 heterocycles. The molecule has 0 aliphatic carbocycles. The SMILES string of the molecule is O=C(CSc1ccccn1)NCCN1C(=O)S/C(=C\c2ccccc2Cl)C1=O. The number of hydrogen-bond acceptors (Lipinski definition) is 6. The summed E-state index contributed by atoms with van der Waals surface area (Å²) in [4.78, 5) is 42.1. The highest BCUT2D eigenvalue weighted by Gasteiger charge is 2.34. The molecule has 2 aromatic rings. The first kappa shape index (κ1) is 20.4. The molecule has 0 radical (unpaired) electrons. The van der Waals surface area contributed by atoms with Crippen LogP contribution in [0.2, 0.25) is 5.02 Å². The number of thioether (sulfide) groups is 2. The summed E-state index contributed by atoms with van der Waals surface area (Å²) in [6.07, 6.45) is 3.27. The van der Waals surface area contributed by atoms with E-state index in [1.165, 1.54) is 11.8 Å². The molecule has 0 unspecified atom stereocenters. The quantitative estimate of drug-likeness (QED) is 0.530. The Bertz CT molecular complexity index is 922. The molecule has 0 saturated carbocycles. The minimum absolute atomic E-state index is 0.116. The Labute approximate surface area is 175 Å². The maximum Gasteiger partial charge on any atom is 0.293 e. The number of imide groups is 1. The Morgan fingerprint density at radius 3 is 2.75 bits per heavy atom. The molecule has 9 heteroatoms. The van der Waals surface area contributed by atoms with E-state index in [2.05, 4.69) is 10.3 Å². The molecule has 1 aromatic heterocycles. The van der Waals surface area contributed by atoms with E-state index in [4.69, 9.17) is 11.6 Å².